The number of hydrogen-bond acceptors (Lipinski definition) is 5. The molecule has 0 aromatic carbocycles. The molecule has 5 atom stereocenters. The Morgan fingerprint density at radius 2 is 1.60 bits per heavy atom. The van der Waals surface area contributed by atoms with Gasteiger partial charge in [-0.2, -0.15) is 9.36 Å². The Morgan fingerprint density at radius 1 is 0.886 bits per heavy atom. The zero-order valence-electron chi connectivity index (χ0n) is 22.2. The van der Waals surface area contributed by atoms with Crippen molar-refractivity contribution in [3.63, 3.8) is 0 Å². The fraction of sp³-hybridized carbons (Fsp3) is 0.929. The molecule has 3 saturated carbocycles. The van der Waals surface area contributed by atoms with Gasteiger partial charge in [-0.1, -0.05) is 64.7 Å². The monoisotopic (exact) mass is 488 g/mol. The highest BCUT2D eigenvalue weighted by Crippen LogP contribution is 2.40. The first kappa shape index (κ1) is 26.6. The first-order valence-corrected chi connectivity index (χ1v) is 14.6. The molecule has 0 amide bonds. The Morgan fingerprint density at radius 3 is 2.40 bits per heavy atom. The second kappa shape index (κ2) is 12.2. The molecule has 3 fully saturated rings. The maximum absolute atomic E-state index is 13.3. The van der Waals surface area contributed by atoms with Crippen LogP contribution >= 0.6 is 0 Å². The van der Waals surface area contributed by atoms with Gasteiger partial charge in [0.15, 0.2) is 5.78 Å². The second-order valence-electron chi connectivity index (χ2n) is 12.4. The van der Waals surface area contributed by atoms with Crippen LogP contribution in [0.3, 0.4) is 0 Å². The minimum atomic E-state index is -0.509. The number of Topliss-reactive ketones (excluding diaryl/α,β-unsaturated/α-hetero) is 1. The van der Waals surface area contributed by atoms with Crippen LogP contribution in [-0.2, 0) is 11.3 Å². The molecule has 1 N–H and O–H groups in total. The molecule has 0 spiro atoms. The van der Waals surface area contributed by atoms with E-state index < -0.39 is 5.60 Å². The molecule has 0 aliphatic heterocycles. The first-order valence-electron chi connectivity index (χ1n) is 14.6. The lowest BCUT2D eigenvalue weighted by Gasteiger charge is -2.34. The number of aliphatic hydroxyl groups is 1. The summed E-state index contributed by atoms with van der Waals surface area (Å²) in [4.78, 5) is 26.2. The van der Waals surface area contributed by atoms with E-state index in [1.165, 1.54) is 41.5 Å². The van der Waals surface area contributed by atoms with Gasteiger partial charge in [0.05, 0.1) is 11.6 Å². The number of aromatic nitrogens is 4. The van der Waals surface area contributed by atoms with Crippen LogP contribution in [-0.4, -0.2) is 36.3 Å². The SMILES string of the molecule is C[C@H]1CC[C@H](C(=O)Cn2nnn(C3CCCCC3)c2=O)CCCC2CCC[C@@](C)(O)CCCC[C@H]21. The lowest BCUT2D eigenvalue weighted by atomic mass is 9.72. The number of carbonyl (C=O) groups excluding carboxylic acids is 1. The summed E-state index contributed by atoms with van der Waals surface area (Å²) in [6, 6.07) is 0.138. The largest absolute Gasteiger partial charge is 0.390 e. The van der Waals surface area contributed by atoms with Crippen LogP contribution in [0, 0.1) is 23.7 Å². The minimum absolute atomic E-state index is 0.0139. The number of hydrogen-bond donors (Lipinski definition) is 1. The summed E-state index contributed by atoms with van der Waals surface area (Å²) in [7, 11) is 0. The molecule has 0 radical (unpaired) electrons. The van der Waals surface area contributed by atoms with Crippen LogP contribution < -0.4 is 5.69 Å². The van der Waals surface area contributed by atoms with E-state index in [0.29, 0.717) is 11.8 Å². The number of rotatable bonds is 4. The maximum atomic E-state index is 13.3. The van der Waals surface area contributed by atoms with E-state index >= 15 is 0 Å². The number of nitrogens with zero attached hydrogens (tertiary/aromatic N) is 4. The van der Waals surface area contributed by atoms with E-state index in [4.69, 9.17) is 0 Å². The highest BCUT2D eigenvalue weighted by Gasteiger charge is 2.32. The zero-order valence-corrected chi connectivity index (χ0v) is 22.2. The van der Waals surface area contributed by atoms with Crippen LogP contribution in [0.2, 0.25) is 0 Å². The first-order chi connectivity index (χ1) is 16.8. The molecule has 1 aromatic rings. The van der Waals surface area contributed by atoms with Gasteiger partial charge in [0.2, 0.25) is 0 Å². The predicted octanol–water partition coefficient (Wildman–Crippen LogP) is 5.46. The van der Waals surface area contributed by atoms with Gasteiger partial charge in [-0.15, -0.1) is 0 Å². The minimum Gasteiger partial charge on any atom is -0.390 e. The predicted molar refractivity (Wildman–Crippen MR) is 137 cm³/mol. The van der Waals surface area contributed by atoms with Crippen LogP contribution in [0.25, 0.3) is 0 Å². The van der Waals surface area contributed by atoms with Gasteiger partial charge in [0.25, 0.3) is 0 Å². The van der Waals surface area contributed by atoms with Crippen molar-refractivity contribution < 1.29 is 9.90 Å². The summed E-state index contributed by atoms with van der Waals surface area (Å²) < 4.78 is 2.83. The molecular weight excluding hydrogens is 440 g/mol. The number of tetrazole rings is 1. The average Bonchev–Trinajstić information content (AvgIpc) is 3.22. The zero-order chi connectivity index (χ0) is 24.8. The van der Waals surface area contributed by atoms with E-state index in [1.54, 1.807) is 0 Å². The third-order valence-electron chi connectivity index (χ3n) is 9.57. The van der Waals surface area contributed by atoms with Crippen LogP contribution in [0.15, 0.2) is 4.79 Å². The lowest BCUT2D eigenvalue weighted by Crippen LogP contribution is -2.32. The van der Waals surface area contributed by atoms with Crippen LogP contribution in [0.1, 0.15) is 129 Å². The summed E-state index contributed by atoms with van der Waals surface area (Å²) >= 11 is 0. The smallest absolute Gasteiger partial charge is 0.364 e. The third-order valence-corrected chi connectivity index (χ3v) is 9.57. The average molecular weight is 489 g/mol. The molecule has 35 heavy (non-hydrogen) atoms. The van der Waals surface area contributed by atoms with Crippen molar-refractivity contribution in [1.29, 1.82) is 0 Å². The summed E-state index contributed by atoms with van der Waals surface area (Å²) in [6.45, 7) is 4.46. The van der Waals surface area contributed by atoms with Gasteiger partial charge >= 0.3 is 5.69 Å². The molecule has 1 aromatic heterocycles. The third kappa shape index (κ3) is 7.05. The Labute approximate surface area is 211 Å². The van der Waals surface area contributed by atoms with Crippen molar-refractivity contribution in [1.82, 2.24) is 19.8 Å². The van der Waals surface area contributed by atoms with Gasteiger partial charge in [-0.3, -0.25) is 4.79 Å². The van der Waals surface area contributed by atoms with E-state index in [9.17, 15) is 14.7 Å². The standard InChI is InChI=1S/C28H48N4O3/c1-21-16-17-23(11-8-10-22-12-9-19-28(2,35)18-7-6-15-25(21)22)26(33)20-31-27(34)32(30-29-31)24-13-4-3-5-14-24/h21-25,35H,3-20H2,1-2H3/t21-,22?,23+,25-,28-/m0/s1. The quantitative estimate of drug-likeness (QED) is 0.608. The normalized spacial score (nSPS) is 34.3. The lowest BCUT2D eigenvalue weighted by molar-refractivity contribution is -0.124. The highest BCUT2D eigenvalue weighted by atomic mass is 16.3. The van der Waals surface area contributed by atoms with Crippen molar-refractivity contribution in [3.05, 3.63) is 10.5 Å². The van der Waals surface area contributed by atoms with E-state index in [-0.39, 0.29) is 30.0 Å². The van der Waals surface area contributed by atoms with E-state index in [0.717, 1.165) is 83.0 Å². The second-order valence-corrected chi connectivity index (χ2v) is 12.4. The Hall–Kier alpha value is -1.50. The molecule has 0 bridgehead atoms. The molecule has 3 aliphatic carbocycles. The molecular formula is C28H48N4O3. The molecule has 1 unspecified atom stereocenters. The van der Waals surface area contributed by atoms with Gasteiger partial charge in [0.1, 0.15) is 6.54 Å². The molecule has 7 nitrogen and oxygen atoms in total. The Bertz CT molecular complexity index is 870. The van der Waals surface area contributed by atoms with Crippen LogP contribution in [0.4, 0.5) is 0 Å². The highest BCUT2D eigenvalue weighted by molar-refractivity contribution is 5.80. The van der Waals surface area contributed by atoms with Crippen molar-refractivity contribution in [3.8, 4) is 0 Å². The molecule has 3 aliphatic rings. The molecule has 0 saturated heterocycles. The Kier molecular flexibility index (Phi) is 9.23. The summed E-state index contributed by atoms with van der Waals surface area (Å²) in [5, 5.41) is 18.9. The van der Waals surface area contributed by atoms with Crippen LogP contribution in [0.5, 0.6) is 0 Å². The van der Waals surface area contributed by atoms with Gasteiger partial charge in [-0.25, -0.2) is 4.79 Å². The van der Waals surface area contributed by atoms with Crippen molar-refractivity contribution >= 4 is 5.78 Å². The fourth-order valence-corrected chi connectivity index (χ4v) is 7.30. The number of fused-ring (bicyclic) bond motifs is 1. The summed E-state index contributed by atoms with van der Waals surface area (Å²) in [5.74, 6) is 2.21. The number of carbonyl (C=O) groups is 1. The molecule has 4 rings (SSSR count). The number of ketones is 1. The molecule has 198 valence electrons. The van der Waals surface area contributed by atoms with E-state index in [2.05, 4.69) is 17.4 Å². The Balaban J connectivity index is 1.38. The van der Waals surface area contributed by atoms with Crippen molar-refractivity contribution in [2.24, 2.45) is 23.7 Å². The molecule has 7 heteroatoms. The maximum Gasteiger partial charge on any atom is 0.364 e. The van der Waals surface area contributed by atoms with Gasteiger partial charge in [-0.05, 0) is 86.5 Å². The van der Waals surface area contributed by atoms with Crippen molar-refractivity contribution in [2.45, 2.75) is 141 Å². The topological polar surface area (TPSA) is 90.0 Å². The van der Waals surface area contributed by atoms with E-state index in [1.807, 2.05) is 6.92 Å². The van der Waals surface area contributed by atoms with Crippen molar-refractivity contribution in [2.75, 3.05) is 0 Å². The summed E-state index contributed by atoms with van der Waals surface area (Å²) in [5.41, 5.74) is -0.728. The fourth-order valence-electron chi connectivity index (χ4n) is 7.30. The molecule has 1 heterocycles. The van der Waals surface area contributed by atoms with Gasteiger partial charge in [0, 0.05) is 5.92 Å². The van der Waals surface area contributed by atoms with Gasteiger partial charge < -0.3 is 5.11 Å². The summed E-state index contributed by atoms with van der Waals surface area (Å²) in [6.07, 6.45) is 18.3.